The van der Waals surface area contributed by atoms with Crippen LogP contribution in [0, 0.1) is 0 Å². The van der Waals surface area contributed by atoms with Crippen LogP contribution in [-0.2, 0) is 5.41 Å². The van der Waals surface area contributed by atoms with Gasteiger partial charge in [-0.1, -0.05) is 42.8 Å². The van der Waals surface area contributed by atoms with E-state index >= 15 is 0 Å². The van der Waals surface area contributed by atoms with E-state index in [9.17, 15) is 0 Å². The normalized spacial score (nSPS) is 14.9. The number of hydrogen-bond acceptors (Lipinski definition) is 2. The van der Waals surface area contributed by atoms with Crippen molar-refractivity contribution in [3.05, 3.63) is 22.2 Å². The average Bonchev–Trinajstić information content (AvgIpc) is 2.47. The van der Waals surface area contributed by atoms with E-state index in [0.29, 0.717) is 4.83 Å². The monoisotopic (exact) mass is 273 g/mol. The topological polar surface area (TPSA) is 12.9 Å². The highest BCUT2D eigenvalue weighted by Gasteiger charge is 2.17. The van der Waals surface area contributed by atoms with E-state index in [-0.39, 0.29) is 5.41 Å². The van der Waals surface area contributed by atoms with Crippen molar-refractivity contribution in [3.8, 4) is 0 Å². The van der Waals surface area contributed by atoms with E-state index in [1.165, 1.54) is 5.01 Å². The van der Waals surface area contributed by atoms with Gasteiger partial charge >= 0.3 is 0 Å². The zero-order valence-corrected chi connectivity index (χ0v) is 11.4. The first-order chi connectivity index (χ1) is 6.39. The highest BCUT2D eigenvalue weighted by atomic mass is 79.9. The SMILES string of the molecule is CC(Br)/C=C/c1csc(C(C)(C)C)n1. The van der Waals surface area contributed by atoms with Crippen molar-refractivity contribution in [2.45, 2.75) is 37.9 Å². The van der Waals surface area contributed by atoms with Gasteiger partial charge in [0.1, 0.15) is 0 Å². The van der Waals surface area contributed by atoms with Crippen LogP contribution in [0.5, 0.6) is 0 Å². The highest BCUT2D eigenvalue weighted by Crippen LogP contribution is 2.25. The van der Waals surface area contributed by atoms with Crippen LogP contribution in [0.3, 0.4) is 0 Å². The largest absolute Gasteiger partial charge is 0.241 e. The van der Waals surface area contributed by atoms with Crippen molar-refractivity contribution in [1.29, 1.82) is 0 Å². The van der Waals surface area contributed by atoms with Crippen LogP contribution >= 0.6 is 27.3 Å². The average molecular weight is 274 g/mol. The molecule has 0 aliphatic rings. The Labute approximate surface area is 98.4 Å². The minimum absolute atomic E-state index is 0.163. The van der Waals surface area contributed by atoms with E-state index in [0.717, 1.165) is 5.69 Å². The number of thiazole rings is 1. The molecule has 0 saturated carbocycles. The number of rotatable bonds is 2. The maximum absolute atomic E-state index is 4.56. The lowest BCUT2D eigenvalue weighted by molar-refractivity contribution is 0.585. The molecule has 0 aromatic carbocycles. The molecule has 1 rings (SSSR count). The first kappa shape index (κ1) is 11.9. The molecule has 1 heterocycles. The molecule has 14 heavy (non-hydrogen) atoms. The molecular weight excluding hydrogens is 258 g/mol. The smallest absolute Gasteiger partial charge is 0.0985 e. The summed E-state index contributed by atoms with van der Waals surface area (Å²) in [6, 6.07) is 0. The minimum atomic E-state index is 0.163. The Kier molecular flexibility index (Phi) is 3.90. The number of hydrogen-bond donors (Lipinski definition) is 0. The van der Waals surface area contributed by atoms with Crippen molar-refractivity contribution in [1.82, 2.24) is 4.98 Å². The summed E-state index contributed by atoms with van der Waals surface area (Å²) in [5.74, 6) is 0. The third-order valence-corrected chi connectivity index (χ3v) is 3.29. The molecule has 0 bridgehead atoms. The molecule has 1 unspecified atom stereocenters. The van der Waals surface area contributed by atoms with Gasteiger partial charge < -0.3 is 0 Å². The van der Waals surface area contributed by atoms with Gasteiger partial charge in [0.2, 0.25) is 0 Å². The molecule has 1 aromatic heterocycles. The van der Waals surface area contributed by atoms with Crippen molar-refractivity contribution in [2.24, 2.45) is 0 Å². The van der Waals surface area contributed by atoms with Crippen LogP contribution in [0.1, 0.15) is 38.4 Å². The Bertz CT molecular complexity index is 320. The Morgan fingerprint density at radius 2 is 2.14 bits per heavy atom. The van der Waals surface area contributed by atoms with Gasteiger partial charge in [0.05, 0.1) is 10.7 Å². The van der Waals surface area contributed by atoms with Gasteiger partial charge in [-0.2, -0.15) is 0 Å². The molecule has 1 atom stereocenters. The van der Waals surface area contributed by atoms with Crippen molar-refractivity contribution >= 4 is 33.3 Å². The van der Waals surface area contributed by atoms with Crippen molar-refractivity contribution in [2.75, 3.05) is 0 Å². The zero-order chi connectivity index (χ0) is 10.8. The predicted molar refractivity (Wildman–Crippen MR) is 68.2 cm³/mol. The van der Waals surface area contributed by atoms with Crippen molar-refractivity contribution < 1.29 is 0 Å². The quantitative estimate of drug-likeness (QED) is 0.735. The molecule has 78 valence electrons. The van der Waals surface area contributed by atoms with Crippen LogP contribution in [0.4, 0.5) is 0 Å². The second-order valence-electron chi connectivity index (χ2n) is 4.36. The molecule has 1 aromatic rings. The summed E-state index contributed by atoms with van der Waals surface area (Å²) >= 11 is 5.20. The maximum Gasteiger partial charge on any atom is 0.0985 e. The molecule has 0 spiro atoms. The predicted octanol–water partition coefficient (Wildman–Crippen LogP) is 4.24. The third-order valence-electron chi connectivity index (χ3n) is 1.70. The van der Waals surface area contributed by atoms with E-state index in [2.05, 4.69) is 66.1 Å². The lowest BCUT2D eigenvalue weighted by atomic mass is 9.98. The summed E-state index contributed by atoms with van der Waals surface area (Å²) in [5, 5.41) is 3.30. The number of halogens is 1. The van der Waals surface area contributed by atoms with Gasteiger partial charge in [-0.15, -0.1) is 11.3 Å². The molecular formula is C11H16BrNS. The van der Waals surface area contributed by atoms with Gasteiger partial charge in [-0.25, -0.2) is 4.98 Å². The summed E-state index contributed by atoms with van der Waals surface area (Å²) in [6.45, 7) is 8.65. The number of allylic oxidation sites excluding steroid dienone is 1. The molecule has 0 aliphatic carbocycles. The number of alkyl halides is 1. The molecule has 3 heteroatoms. The van der Waals surface area contributed by atoms with E-state index < -0.39 is 0 Å². The third kappa shape index (κ3) is 3.54. The van der Waals surface area contributed by atoms with Gasteiger partial charge in [0.15, 0.2) is 0 Å². The summed E-state index contributed by atoms with van der Waals surface area (Å²) in [5.41, 5.74) is 1.22. The minimum Gasteiger partial charge on any atom is -0.241 e. The van der Waals surface area contributed by atoms with Gasteiger partial charge in [0.25, 0.3) is 0 Å². The van der Waals surface area contributed by atoms with E-state index in [1.807, 2.05) is 0 Å². The van der Waals surface area contributed by atoms with Gasteiger partial charge in [-0.3, -0.25) is 0 Å². The molecule has 0 N–H and O–H groups in total. The Morgan fingerprint density at radius 3 is 2.57 bits per heavy atom. The first-order valence-corrected chi connectivity index (χ1v) is 6.47. The second-order valence-corrected chi connectivity index (χ2v) is 6.67. The van der Waals surface area contributed by atoms with E-state index in [4.69, 9.17) is 0 Å². The Balaban J connectivity index is 2.79. The molecule has 0 saturated heterocycles. The van der Waals surface area contributed by atoms with E-state index in [1.54, 1.807) is 11.3 Å². The fraction of sp³-hybridized carbons (Fsp3) is 0.545. The van der Waals surface area contributed by atoms with Gasteiger partial charge in [0, 0.05) is 15.6 Å². The molecule has 0 aliphatic heterocycles. The van der Waals surface area contributed by atoms with Crippen LogP contribution in [-0.4, -0.2) is 9.81 Å². The standard InChI is InChI=1S/C11H16BrNS/c1-8(12)5-6-9-7-14-10(13-9)11(2,3)4/h5-8H,1-4H3/b6-5+. The molecule has 0 fully saturated rings. The summed E-state index contributed by atoms with van der Waals surface area (Å²) < 4.78 is 0. The lowest BCUT2D eigenvalue weighted by Crippen LogP contribution is -2.10. The maximum atomic E-state index is 4.56. The number of nitrogens with zero attached hydrogens (tertiary/aromatic N) is 1. The van der Waals surface area contributed by atoms with Crippen molar-refractivity contribution in [3.63, 3.8) is 0 Å². The first-order valence-electron chi connectivity index (χ1n) is 4.68. The summed E-state index contributed by atoms with van der Waals surface area (Å²) in [6.07, 6.45) is 4.16. The lowest BCUT2D eigenvalue weighted by Gasteiger charge is -2.13. The number of aromatic nitrogens is 1. The van der Waals surface area contributed by atoms with Crippen LogP contribution in [0.15, 0.2) is 11.5 Å². The zero-order valence-electron chi connectivity index (χ0n) is 9.04. The summed E-state index contributed by atoms with van der Waals surface area (Å²) in [7, 11) is 0. The molecule has 0 radical (unpaired) electrons. The highest BCUT2D eigenvalue weighted by molar-refractivity contribution is 9.09. The molecule has 0 amide bonds. The van der Waals surface area contributed by atoms with Gasteiger partial charge in [-0.05, 0) is 13.0 Å². The van der Waals surface area contributed by atoms with Crippen LogP contribution in [0.25, 0.3) is 6.08 Å². The second kappa shape index (κ2) is 4.58. The van der Waals surface area contributed by atoms with Crippen LogP contribution in [0.2, 0.25) is 0 Å². The molecule has 1 nitrogen and oxygen atoms in total. The summed E-state index contributed by atoms with van der Waals surface area (Å²) in [4.78, 5) is 4.97. The Morgan fingerprint density at radius 1 is 1.50 bits per heavy atom. The Hall–Kier alpha value is -0.150. The fourth-order valence-corrected chi connectivity index (χ4v) is 1.97. The fourth-order valence-electron chi connectivity index (χ4n) is 0.938. The van der Waals surface area contributed by atoms with Crippen LogP contribution < -0.4 is 0 Å².